The van der Waals surface area contributed by atoms with Crippen molar-refractivity contribution in [3.8, 4) is 17.1 Å². The molecule has 31 heavy (non-hydrogen) atoms. The van der Waals surface area contributed by atoms with Crippen LogP contribution < -0.4 is 10.2 Å². The van der Waals surface area contributed by atoms with Gasteiger partial charge in [0.25, 0.3) is 5.69 Å². The van der Waals surface area contributed by atoms with E-state index in [0.717, 1.165) is 0 Å². The summed E-state index contributed by atoms with van der Waals surface area (Å²) in [6, 6.07) is 18.6. The topological polar surface area (TPSA) is 99.7 Å². The summed E-state index contributed by atoms with van der Waals surface area (Å²) in [4.78, 5) is 35.8. The normalized spacial score (nSPS) is 10.7. The monoisotopic (exact) mass is 435 g/mol. The molecule has 8 heteroatoms. The van der Waals surface area contributed by atoms with Crippen LogP contribution in [0.1, 0.15) is 10.4 Å². The van der Waals surface area contributed by atoms with E-state index in [9.17, 15) is 19.7 Å². The third-order valence-electron chi connectivity index (χ3n) is 4.62. The van der Waals surface area contributed by atoms with Crippen molar-refractivity contribution in [2.45, 2.75) is 0 Å². The van der Waals surface area contributed by atoms with E-state index in [1.165, 1.54) is 24.3 Å². The van der Waals surface area contributed by atoms with Gasteiger partial charge in [0.2, 0.25) is 11.2 Å². The Labute approximate surface area is 180 Å². The Hall–Kier alpha value is -3.97. The highest BCUT2D eigenvalue weighted by molar-refractivity contribution is 6.33. The number of ketones is 1. The van der Waals surface area contributed by atoms with E-state index in [1.807, 2.05) is 0 Å². The summed E-state index contributed by atoms with van der Waals surface area (Å²) >= 11 is 6.29. The number of hydrogen-bond donors (Lipinski definition) is 0. The van der Waals surface area contributed by atoms with Gasteiger partial charge in [0.1, 0.15) is 5.58 Å². The molecule has 0 fully saturated rings. The number of carbonyl (C=O) groups is 1. The Morgan fingerprint density at radius 3 is 2.39 bits per heavy atom. The first-order chi connectivity index (χ1) is 15.0. The number of nitro benzene ring substituents is 1. The summed E-state index contributed by atoms with van der Waals surface area (Å²) < 4.78 is 11.6. The summed E-state index contributed by atoms with van der Waals surface area (Å²) in [5.41, 5.74) is 0.457. The molecule has 1 aromatic heterocycles. The summed E-state index contributed by atoms with van der Waals surface area (Å²) in [5, 5.41) is 11.4. The fraction of sp³-hybridized carbons (Fsp3) is 0.0435. The van der Waals surface area contributed by atoms with Crippen LogP contribution in [-0.2, 0) is 0 Å². The molecule has 0 unspecified atom stereocenters. The van der Waals surface area contributed by atoms with E-state index in [-0.39, 0.29) is 22.8 Å². The van der Waals surface area contributed by atoms with Crippen molar-refractivity contribution in [3.63, 3.8) is 0 Å². The van der Waals surface area contributed by atoms with Crippen molar-refractivity contribution < 1.29 is 18.9 Å². The molecule has 4 aromatic rings. The van der Waals surface area contributed by atoms with Gasteiger partial charge in [-0.05, 0) is 36.4 Å². The minimum atomic E-state index is -0.555. The van der Waals surface area contributed by atoms with Gasteiger partial charge in [0, 0.05) is 23.3 Å². The second-order valence-corrected chi connectivity index (χ2v) is 6.99. The lowest BCUT2D eigenvalue weighted by Crippen LogP contribution is -2.17. The largest absolute Gasteiger partial charge is 0.478 e. The fourth-order valence-corrected chi connectivity index (χ4v) is 3.29. The van der Waals surface area contributed by atoms with Crippen molar-refractivity contribution in [1.29, 1.82) is 0 Å². The van der Waals surface area contributed by atoms with Crippen LogP contribution in [0.3, 0.4) is 0 Å². The molecule has 0 aliphatic heterocycles. The average Bonchev–Trinajstić information content (AvgIpc) is 2.78. The number of non-ortho nitro benzene ring substituents is 1. The number of nitrogens with zero attached hydrogens (tertiary/aromatic N) is 1. The summed E-state index contributed by atoms with van der Waals surface area (Å²) in [6.07, 6.45) is 0. The van der Waals surface area contributed by atoms with Crippen LogP contribution in [0.15, 0.2) is 82.0 Å². The molecule has 0 aliphatic carbocycles. The number of para-hydroxylation sites is 1. The van der Waals surface area contributed by atoms with Crippen LogP contribution in [0, 0.1) is 10.1 Å². The molecular weight excluding hydrogens is 422 g/mol. The van der Waals surface area contributed by atoms with Crippen LogP contribution in [-0.4, -0.2) is 17.3 Å². The van der Waals surface area contributed by atoms with Gasteiger partial charge in [-0.15, -0.1) is 0 Å². The van der Waals surface area contributed by atoms with Crippen LogP contribution in [0.2, 0.25) is 5.02 Å². The molecule has 0 spiro atoms. The van der Waals surface area contributed by atoms with Crippen molar-refractivity contribution in [1.82, 2.24) is 0 Å². The van der Waals surface area contributed by atoms with Gasteiger partial charge >= 0.3 is 0 Å². The predicted molar refractivity (Wildman–Crippen MR) is 116 cm³/mol. The summed E-state index contributed by atoms with van der Waals surface area (Å²) in [7, 11) is 0. The molecule has 0 atom stereocenters. The standard InChI is InChI=1S/C23H14ClNO6/c24-18-7-3-1-5-16(18)22-23(21(27)17-6-2-4-8-20(17)31-22)30-13-19(26)14-9-11-15(12-10-14)25(28)29/h1-12H,13H2. The zero-order valence-corrected chi connectivity index (χ0v) is 16.7. The molecule has 0 amide bonds. The second-order valence-electron chi connectivity index (χ2n) is 6.58. The number of halogens is 1. The third-order valence-corrected chi connectivity index (χ3v) is 4.95. The maximum atomic E-state index is 13.1. The Kier molecular flexibility index (Phi) is 5.51. The molecule has 0 bridgehead atoms. The number of hydrogen-bond acceptors (Lipinski definition) is 6. The van der Waals surface area contributed by atoms with E-state index < -0.39 is 22.7 Å². The van der Waals surface area contributed by atoms with Crippen molar-refractivity contribution in [2.24, 2.45) is 0 Å². The highest BCUT2D eigenvalue weighted by Gasteiger charge is 2.21. The highest BCUT2D eigenvalue weighted by Crippen LogP contribution is 2.35. The number of nitro groups is 1. The van der Waals surface area contributed by atoms with Gasteiger partial charge in [-0.25, -0.2) is 0 Å². The van der Waals surface area contributed by atoms with E-state index >= 15 is 0 Å². The van der Waals surface area contributed by atoms with Crippen molar-refractivity contribution >= 4 is 34.0 Å². The first kappa shape index (κ1) is 20.3. The molecule has 0 N–H and O–H groups in total. The van der Waals surface area contributed by atoms with Crippen molar-refractivity contribution in [2.75, 3.05) is 6.61 Å². The van der Waals surface area contributed by atoms with Crippen molar-refractivity contribution in [3.05, 3.63) is 104 Å². The van der Waals surface area contributed by atoms with Crippen LogP contribution >= 0.6 is 11.6 Å². The third kappa shape index (κ3) is 4.04. The lowest BCUT2D eigenvalue weighted by Gasteiger charge is -2.12. The molecule has 3 aromatic carbocycles. The summed E-state index contributed by atoms with van der Waals surface area (Å²) in [6.45, 7) is -0.460. The van der Waals surface area contributed by atoms with Gasteiger partial charge < -0.3 is 9.15 Å². The molecule has 0 aliphatic rings. The zero-order valence-electron chi connectivity index (χ0n) is 15.9. The van der Waals surface area contributed by atoms with Gasteiger partial charge in [-0.3, -0.25) is 19.7 Å². The number of rotatable bonds is 6. The number of carbonyl (C=O) groups excluding carboxylic acids is 1. The molecular formula is C23H14ClNO6. The lowest BCUT2D eigenvalue weighted by molar-refractivity contribution is -0.384. The van der Waals surface area contributed by atoms with Gasteiger partial charge in [0.05, 0.1) is 15.3 Å². The molecule has 4 rings (SSSR count). The Balaban J connectivity index is 1.72. The quantitative estimate of drug-likeness (QED) is 0.232. The van der Waals surface area contributed by atoms with E-state index in [1.54, 1.807) is 48.5 Å². The zero-order chi connectivity index (χ0) is 22.0. The number of benzene rings is 3. The number of ether oxygens (including phenoxy) is 1. The van der Waals surface area contributed by atoms with Crippen LogP contribution in [0.25, 0.3) is 22.3 Å². The SMILES string of the molecule is O=C(COc1c(-c2ccccc2Cl)oc2ccccc2c1=O)c1ccc([N+](=O)[O-])cc1. The fourth-order valence-electron chi connectivity index (χ4n) is 3.07. The molecule has 1 heterocycles. The first-order valence-corrected chi connectivity index (χ1v) is 9.54. The molecule has 0 saturated carbocycles. The summed E-state index contributed by atoms with van der Waals surface area (Å²) in [5.74, 6) is -0.472. The van der Waals surface area contributed by atoms with E-state index in [0.29, 0.717) is 21.6 Å². The van der Waals surface area contributed by atoms with E-state index in [4.69, 9.17) is 20.8 Å². The molecule has 0 saturated heterocycles. The molecule has 154 valence electrons. The van der Waals surface area contributed by atoms with Gasteiger partial charge in [-0.2, -0.15) is 0 Å². The molecule has 0 radical (unpaired) electrons. The smallest absolute Gasteiger partial charge is 0.269 e. The number of Topliss-reactive ketones (excluding diaryl/α,β-unsaturated/α-hetero) is 1. The predicted octanol–water partition coefficient (Wildman–Crippen LogP) is 5.28. The molecule has 7 nitrogen and oxygen atoms in total. The maximum absolute atomic E-state index is 13.1. The maximum Gasteiger partial charge on any atom is 0.269 e. The Morgan fingerprint density at radius 2 is 1.68 bits per heavy atom. The Bertz CT molecular complexity index is 1360. The van der Waals surface area contributed by atoms with E-state index in [2.05, 4.69) is 0 Å². The van der Waals surface area contributed by atoms with Gasteiger partial charge in [0.15, 0.2) is 18.2 Å². The first-order valence-electron chi connectivity index (χ1n) is 9.17. The minimum absolute atomic E-state index is 0.116. The van der Waals surface area contributed by atoms with Crippen LogP contribution in [0.4, 0.5) is 5.69 Å². The second kappa shape index (κ2) is 8.41. The number of fused-ring (bicyclic) bond motifs is 1. The van der Waals surface area contributed by atoms with Gasteiger partial charge in [-0.1, -0.05) is 35.9 Å². The Morgan fingerprint density at radius 1 is 1.00 bits per heavy atom. The minimum Gasteiger partial charge on any atom is -0.478 e. The average molecular weight is 436 g/mol. The highest BCUT2D eigenvalue weighted by atomic mass is 35.5. The lowest BCUT2D eigenvalue weighted by atomic mass is 10.1. The van der Waals surface area contributed by atoms with Crippen LogP contribution in [0.5, 0.6) is 5.75 Å².